The first kappa shape index (κ1) is 13.7. The van der Waals surface area contributed by atoms with Crippen LogP contribution in [0.25, 0.3) is 0 Å². The molecule has 98 valence electrons. The fourth-order valence-corrected chi connectivity index (χ4v) is 2.63. The largest absolute Gasteiger partial charge is 0.359 e. The lowest BCUT2D eigenvalue weighted by molar-refractivity contribution is -0.125. The highest BCUT2D eigenvalue weighted by Crippen LogP contribution is 2.19. The van der Waals surface area contributed by atoms with Crippen molar-refractivity contribution >= 4 is 28.5 Å². The van der Waals surface area contributed by atoms with E-state index in [0.29, 0.717) is 0 Å². The van der Waals surface area contributed by atoms with Crippen LogP contribution in [0.1, 0.15) is 18.4 Å². The predicted molar refractivity (Wildman–Crippen MR) is 79.0 cm³/mol. The average Bonchev–Trinajstić information content (AvgIpc) is 2.41. The number of nitrogens with zero attached hydrogens (tertiary/aromatic N) is 2. The van der Waals surface area contributed by atoms with Crippen molar-refractivity contribution in [1.29, 1.82) is 0 Å². The Bertz CT molecular complexity index is 399. The van der Waals surface area contributed by atoms with Gasteiger partial charge in [0.25, 0.3) is 0 Å². The lowest BCUT2D eigenvalue weighted by Crippen LogP contribution is -2.39. The van der Waals surface area contributed by atoms with Gasteiger partial charge in [-0.2, -0.15) is 0 Å². The molecule has 0 bridgehead atoms. The SMILES string of the molecule is CNC(=O)C1CCN(Cc2ccc(I)nc2)CC1. The van der Waals surface area contributed by atoms with E-state index in [1.807, 2.05) is 12.3 Å². The third kappa shape index (κ3) is 3.65. The Labute approximate surface area is 121 Å². The van der Waals surface area contributed by atoms with E-state index in [-0.39, 0.29) is 11.8 Å². The zero-order valence-electron chi connectivity index (χ0n) is 10.5. The van der Waals surface area contributed by atoms with Crippen LogP contribution in [0.4, 0.5) is 0 Å². The van der Waals surface area contributed by atoms with Crippen molar-refractivity contribution in [1.82, 2.24) is 15.2 Å². The Morgan fingerprint density at radius 1 is 1.50 bits per heavy atom. The summed E-state index contributed by atoms with van der Waals surface area (Å²) in [5, 5.41) is 2.74. The molecule has 2 rings (SSSR count). The second-order valence-electron chi connectivity index (χ2n) is 4.65. The summed E-state index contributed by atoms with van der Waals surface area (Å²) >= 11 is 2.21. The van der Waals surface area contributed by atoms with E-state index in [1.54, 1.807) is 7.05 Å². The number of piperidine rings is 1. The van der Waals surface area contributed by atoms with Crippen LogP contribution in [-0.2, 0) is 11.3 Å². The zero-order valence-corrected chi connectivity index (χ0v) is 12.7. The van der Waals surface area contributed by atoms with Crippen molar-refractivity contribution in [3.8, 4) is 0 Å². The first-order chi connectivity index (χ1) is 8.69. The fourth-order valence-electron chi connectivity index (χ4n) is 2.32. The minimum atomic E-state index is 0.186. The summed E-state index contributed by atoms with van der Waals surface area (Å²) in [5.41, 5.74) is 1.24. The van der Waals surface area contributed by atoms with Crippen LogP contribution in [0.5, 0.6) is 0 Å². The van der Waals surface area contributed by atoms with Crippen molar-refractivity contribution < 1.29 is 4.79 Å². The number of aromatic nitrogens is 1. The summed E-state index contributed by atoms with van der Waals surface area (Å²) in [4.78, 5) is 18.2. The van der Waals surface area contributed by atoms with Gasteiger partial charge in [0.15, 0.2) is 0 Å². The van der Waals surface area contributed by atoms with Crippen molar-refractivity contribution in [2.45, 2.75) is 19.4 Å². The number of nitrogens with one attached hydrogen (secondary N) is 1. The van der Waals surface area contributed by atoms with E-state index >= 15 is 0 Å². The van der Waals surface area contributed by atoms with Crippen LogP contribution in [-0.4, -0.2) is 35.9 Å². The molecule has 1 fully saturated rings. The number of pyridine rings is 1. The molecular weight excluding hydrogens is 341 g/mol. The average molecular weight is 359 g/mol. The second kappa shape index (κ2) is 6.47. The summed E-state index contributed by atoms with van der Waals surface area (Å²) in [7, 11) is 1.71. The quantitative estimate of drug-likeness (QED) is 0.659. The van der Waals surface area contributed by atoms with Crippen LogP contribution in [0.2, 0.25) is 0 Å². The summed E-state index contributed by atoms with van der Waals surface area (Å²) in [6.07, 6.45) is 3.85. The van der Waals surface area contributed by atoms with Gasteiger partial charge < -0.3 is 5.32 Å². The normalized spacial score (nSPS) is 17.7. The van der Waals surface area contributed by atoms with Gasteiger partial charge in [0, 0.05) is 25.7 Å². The zero-order chi connectivity index (χ0) is 13.0. The Balaban J connectivity index is 1.83. The number of hydrogen-bond donors (Lipinski definition) is 1. The van der Waals surface area contributed by atoms with Crippen molar-refractivity contribution in [3.05, 3.63) is 27.6 Å². The molecule has 4 nitrogen and oxygen atoms in total. The molecule has 0 unspecified atom stereocenters. The number of halogens is 1. The third-order valence-corrected chi connectivity index (χ3v) is 4.04. The maximum absolute atomic E-state index is 11.5. The van der Waals surface area contributed by atoms with E-state index in [9.17, 15) is 4.79 Å². The molecule has 1 aromatic rings. The van der Waals surface area contributed by atoms with Crippen LogP contribution in [0.15, 0.2) is 18.3 Å². The smallest absolute Gasteiger partial charge is 0.222 e. The molecule has 1 amide bonds. The monoisotopic (exact) mass is 359 g/mol. The topological polar surface area (TPSA) is 45.2 Å². The number of carbonyl (C=O) groups excluding carboxylic acids is 1. The lowest BCUT2D eigenvalue weighted by atomic mass is 9.96. The van der Waals surface area contributed by atoms with Gasteiger partial charge in [-0.1, -0.05) is 6.07 Å². The molecular formula is C13H18IN3O. The van der Waals surface area contributed by atoms with E-state index in [0.717, 1.165) is 36.2 Å². The summed E-state index contributed by atoms with van der Waals surface area (Å²) in [6.45, 7) is 2.92. The molecule has 18 heavy (non-hydrogen) atoms. The molecule has 1 aliphatic rings. The van der Waals surface area contributed by atoms with Gasteiger partial charge in [-0.05, 0) is 60.2 Å². The standard InChI is InChI=1S/C13H18IN3O/c1-15-13(18)11-4-6-17(7-5-11)9-10-2-3-12(14)16-8-10/h2-3,8,11H,4-7,9H2,1H3,(H,15,18). The Morgan fingerprint density at radius 2 is 2.22 bits per heavy atom. The molecule has 0 aliphatic carbocycles. The van der Waals surface area contributed by atoms with Gasteiger partial charge in [0.1, 0.15) is 3.70 Å². The van der Waals surface area contributed by atoms with E-state index in [2.05, 4.69) is 43.9 Å². The Morgan fingerprint density at radius 3 is 2.78 bits per heavy atom. The molecule has 0 radical (unpaired) electrons. The van der Waals surface area contributed by atoms with Gasteiger partial charge in [-0.25, -0.2) is 0 Å². The summed E-state index contributed by atoms with van der Waals surface area (Å²) in [5.74, 6) is 0.381. The molecule has 0 aromatic carbocycles. The van der Waals surface area contributed by atoms with Crippen LogP contribution in [0, 0.1) is 9.62 Å². The molecule has 1 aromatic heterocycles. The van der Waals surface area contributed by atoms with E-state index in [4.69, 9.17) is 0 Å². The van der Waals surface area contributed by atoms with Crippen LogP contribution < -0.4 is 5.32 Å². The number of carbonyl (C=O) groups is 1. The molecule has 0 atom stereocenters. The minimum absolute atomic E-state index is 0.186. The number of hydrogen-bond acceptors (Lipinski definition) is 3. The minimum Gasteiger partial charge on any atom is -0.359 e. The van der Waals surface area contributed by atoms with E-state index < -0.39 is 0 Å². The first-order valence-electron chi connectivity index (χ1n) is 6.23. The maximum atomic E-state index is 11.5. The molecule has 1 N–H and O–H groups in total. The van der Waals surface area contributed by atoms with E-state index in [1.165, 1.54) is 5.56 Å². The molecule has 1 saturated heterocycles. The second-order valence-corrected chi connectivity index (χ2v) is 5.76. The van der Waals surface area contributed by atoms with Crippen molar-refractivity contribution in [2.75, 3.05) is 20.1 Å². The van der Waals surface area contributed by atoms with Crippen LogP contribution in [0.3, 0.4) is 0 Å². The lowest BCUT2D eigenvalue weighted by Gasteiger charge is -2.30. The fraction of sp³-hybridized carbons (Fsp3) is 0.538. The number of amides is 1. The molecule has 0 saturated carbocycles. The van der Waals surface area contributed by atoms with Gasteiger partial charge >= 0.3 is 0 Å². The van der Waals surface area contributed by atoms with Crippen molar-refractivity contribution in [3.63, 3.8) is 0 Å². The summed E-state index contributed by atoms with van der Waals surface area (Å²) in [6, 6.07) is 4.16. The van der Waals surface area contributed by atoms with Gasteiger partial charge in [-0.3, -0.25) is 14.7 Å². The molecule has 1 aliphatic heterocycles. The van der Waals surface area contributed by atoms with Crippen LogP contribution >= 0.6 is 22.6 Å². The Kier molecular flexibility index (Phi) is 4.94. The third-order valence-electron chi connectivity index (χ3n) is 3.40. The van der Waals surface area contributed by atoms with Gasteiger partial charge in [0.05, 0.1) is 0 Å². The number of likely N-dealkylation sites (tertiary alicyclic amines) is 1. The van der Waals surface area contributed by atoms with Gasteiger partial charge in [-0.15, -0.1) is 0 Å². The highest BCUT2D eigenvalue weighted by molar-refractivity contribution is 14.1. The molecule has 5 heteroatoms. The molecule has 2 heterocycles. The van der Waals surface area contributed by atoms with Crippen molar-refractivity contribution in [2.24, 2.45) is 5.92 Å². The highest BCUT2D eigenvalue weighted by Gasteiger charge is 2.23. The maximum Gasteiger partial charge on any atom is 0.222 e. The Hall–Kier alpha value is -0.690. The predicted octanol–water partition coefficient (Wildman–Crippen LogP) is 1.64. The first-order valence-corrected chi connectivity index (χ1v) is 7.31. The molecule has 0 spiro atoms. The number of rotatable bonds is 3. The highest BCUT2D eigenvalue weighted by atomic mass is 127. The van der Waals surface area contributed by atoms with Gasteiger partial charge in [0.2, 0.25) is 5.91 Å². The summed E-state index contributed by atoms with van der Waals surface area (Å²) < 4.78 is 1.02.